The minimum Gasteiger partial charge on any atom is -0.336 e. The quantitative estimate of drug-likeness (QED) is 0.747. The van der Waals surface area contributed by atoms with E-state index in [2.05, 4.69) is 10.6 Å². The van der Waals surface area contributed by atoms with E-state index in [-0.39, 0.29) is 18.4 Å². The number of benzene rings is 1. The van der Waals surface area contributed by atoms with Crippen LogP contribution in [-0.4, -0.2) is 41.4 Å². The molecule has 2 heterocycles. The average Bonchev–Trinajstić information content (AvgIpc) is 2.94. The van der Waals surface area contributed by atoms with E-state index in [9.17, 15) is 14.4 Å². The van der Waals surface area contributed by atoms with Crippen molar-refractivity contribution in [1.29, 1.82) is 0 Å². The summed E-state index contributed by atoms with van der Waals surface area (Å²) in [6.07, 6.45) is 0.446. The van der Waals surface area contributed by atoms with Gasteiger partial charge >= 0.3 is 6.03 Å². The molecule has 0 aromatic heterocycles. The highest BCUT2D eigenvalue weighted by molar-refractivity contribution is 6.08. The van der Waals surface area contributed by atoms with Gasteiger partial charge in [-0.3, -0.25) is 14.9 Å². The van der Waals surface area contributed by atoms with Crippen LogP contribution in [0, 0.1) is 13.8 Å². The Bertz CT molecular complexity index is 656. The van der Waals surface area contributed by atoms with Crippen molar-refractivity contribution in [1.82, 2.24) is 15.5 Å². The minimum atomic E-state index is -0.953. The Morgan fingerprint density at radius 3 is 2.67 bits per heavy atom. The Kier molecular flexibility index (Phi) is 2.97. The van der Waals surface area contributed by atoms with Gasteiger partial charge in [-0.15, -0.1) is 0 Å². The highest BCUT2D eigenvalue weighted by atomic mass is 16.2. The summed E-state index contributed by atoms with van der Waals surface area (Å²) in [6, 6.07) is 5.19. The third-order valence-corrected chi connectivity index (χ3v) is 4.18. The molecule has 6 heteroatoms. The molecule has 0 aliphatic carbocycles. The summed E-state index contributed by atoms with van der Waals surface area (Å²) in [7, 11) is 0. The first-order valence-corrected chi connectivity index (χ1v) is 6.91. The maximum Gasteiger partial charge on any atom is 0.322 e. The van der Waals surface area contributed by atoms with Gasteiger partial charge in [-0.05, 0) is 31.9 Å². The first kappa shape index (κ1) is 13.6. The summed E-state index contributed by atoms with van der Waals surface area (Å²) in [5.41, 5.74) is 1.71. The van der Waals surface area contributed by atoms with E-state index in [1.807, 2.05) is 32.0 Å². The molecule has 4 amide bonds. The Morgan fingerprint density at radius 2 is 2.05 bits per heavy atom. The molecule has 1 unspecified atom stereocenters. The molecule has 1 spiro atoms. The molecular formula is C15H17N3O3. The third kappa shape index (κ3) is 2.16. The summed E-state index contributed by atoms with van der Waals surface area (Å²) in [5.74, 6) is -0.443. The molecule has 1 aromatic rings. The summed E-state index contributed by atoms with van der Waals surface area (Å²) < 4.78 is 0. The van der Waals surface area contributed by atoms with Gasteiger partial charge in [-0.2, -0.15) is 0 Å². The molecule has 21 heavy (non-hydrogen) atoms. The third-order valence-electron chi connectivity index (χ3n) is 4.18. The van der Waals surface area contributed by atoms with E-state index in [0.29, 0.717) is 18.5 Å². The fraction of sp³-hybridized carbons (Fsp3) is 0.400. The lowest BCUT2D eigenvalue weighted by molar-refractivity contribution is -0.123. The van der Waals surface area contributed by atoms with Gasteiger partial charge < -0.3 is 10.2 Å². The Morgan fingerprint density at radius 1 is 1.29 bits per heavy atom. The van der Waals surface area contributed by atoms with Crippen molar-refractivity contribution < 1.29 is 14.4 Å². The van der Waals surface area contributed by atoms with Crippen molar-refractivity contribution in [3.05, 3.63) is 34.9 Å². The summed E-state index contributed by atoms with van der Waals surface area (Å²) >= 11 is 0. The molecule has 0 saturated carbocycles. The van der Waals surface area contributed by atoms with Gasteiger partial charge in [0.15, 0.2) is 0 Å². The number of nitrogens with zero attached hydrogens (tertiary/aromatic N) is 1. The van der Waals surface area contributed by atoms with Crippen LogP contribution in [0.25, 0.3) is 0 Å². The minimum absolute atomic E-state index is 0.0988. The fourth-order valence-corrected chi connectivity index (χ4v) is 3.02. The van der Waals surface area contributed by atoms with Crippen LogP contribution >= 0.6 is 0 Å². The maximum absolute atomic E-state index is 12.6. The standard InChI is InChI=1S/C15H17N3O3/c1-9-3-4-11(10(2)7-9)12(19)18-6-5-15(8-18)13(20)16-14(21)17-15/h3-4,7H,5-6,8H2,1-2H3,(H2,16,17,20,21). The van der Waals surface area contributed by atoms with Crippen molar-refractivity contribution in [2.75, 3.05) is 13.1 Å². The molecule has 3 rings (SSSR count). The highest BCUT2D eigenvalue weighted by Gasteiger charge is 2.51. The fourth-order valence-electron chi connectivity index (χ4n) is 3.02. The highest BCUT2D eigenvalue weighted by Crippen LogP contribution is 2.26. The van der Waals surface area contributed by atoms with Gasteiger partial charge in [0.1, 0.15) is 5.54 Å². The first-order valence-electron chi connectivity index (χ1n) is 6.91. The molecule has 1 aromatic carbocycles. The van der Waals surface area contributed by atoms with Crippen LogP contribution in [0.2, 0.25) is 0 Å². The number of imide groups is 1. The number of carbonyl (C=O) groups is 3. The lowest BCUT2D eigenvalue weighted by Gasteiger charge is -2.21. The zero-order valence-electron chi connectivity index (χ0n) is 12.0. The van der Waals surface area contributed by atoms with Crippen molar-refractivity contribution in [3.63, 3.8) is 0 Å². The molecular weight excluding hydrogens is 270 g/mol. The number of hydrogen-bond donors (Lipinski definition) is 2. The molecule has 2 saturated heterocycles. The van der Waals surface area contributed by atoms with Gasteiger partial charge in [0.2, 0.25) is 0 Å². The Balaban J connectivity index is 1.82. The molecule has 0 radical (unpaired) electrons. The number of hydrogen-bond acceptors (Lipinski definition) is 3. The molecule has 1 atom stereocenters. The Hall–Kier alpha value is -2.37. The van der Waals surface area contributed by atoms with Crippen LogP contribution in [-0.2, 0) is 4.79 Å². The first-order chi connectivity index (χ1) is 9.91. The summed E-state index contributed by atoms with van der Waals surface area (Å²) in [5, 5.41) is 4.89. The lowest BCUT2D eigenvalue weighted by atomic mass is 9.99. The van der Waals surface area contributed by atoms with E-state index in [0.717, 1.165) is 11.1 Å². The van der Waals surface area contributed by atoms with Gasteiger partial charge in [-0.1, -0.05) is 17.7 Å². The second-order valence-corrected chi connectivity index (χ2v) is 5.79. The molecule has 6 nitrogen and oxygen atoms in total. The van der Waals surface area contributed by atoms with Crippen molar-refractivity contribution >= 4 is 17.8 Å². The van der Waals surface area contributed by atoms with Gasteiger partial charge in [-0.25, -0.2) is 4.79 Å². The van der Waals surface area contributed by atoms with Crippen molar-refractivity contribution in [2.45, 2.75) is 25.8 Å². The molecule has 2 aliphatic heterocycles. The summed E-state index contributed by atoms with van der Waals surface area (Å²) in [6.45, 7) is 4.55. The summed E-state index contributed by atoms with van der Waals surface area (Å²) in [4.78, 5) is 37.4. The smallest absolute Gasteiger partial charge is 0.322 e. The van der Waals surface area contributed by atoms with Crippen molar-refractivity contribution in [2.24, 2.45) is 0 Å². The number of likely N-dealkylation sites (tertiary alicyclic amines) is 1. The number of carbonyl (C=O) groups excluding carboxylic acids is 3. The van der Waals surface area contributed by atoms with Crippen LogP contribution in [0.1, 0.15) is 27.9 Å². The molecule has 2 fully saturated rings. The monoisotopic (exact) mass is 287 g/mol. The van der Waals surface area contributed by atoms with Crippen molar-refractivity contribution in [3.8, 4) is 0 Å². The topological polar surface area (TPSA) is 78.5 Å². The van der Waals surface area contributed by atoms with Gasteiger partial charge in [0.25, 0.3) is 11.8 Å². The zero-order valence-corrected chi connectivity index (χ0v) is 12.0. The normalized spacial score (nSPS) is 24.4. The van der Waals surface area contributed by atoms with E-state index < -0.39 is 11.6 Å². The zero-order chi connectivity index (χ0) is 15.2. The van der Waals surface area contributed by atoms with Crippen LogP contribution in [0.4, 0.5) is 4.79 Å². The van der Waals surface area contributed by atoms with Gasteiger partial charge in [0.05, 0.1) is 6.54 Å². The van der Waals surface area contributed by atoms with Crippen LogP contribution in [0.3, 0.4) is 0 Å². The van der Waals surface area contributed by atoms with E-state index in [1.165, 1.54) is 0 Å². The van der Waals surface area contributed by atoms with Crippen LogP contribution in [0.15, 0.2) is 18.2 Å². The number of aryl methyl sites for hydroxylation is 2. The van der Waals surface area contributed by atoms with Crippen LogP contribution < -0.4 is 10.6 Å². The number of nitrogens with one attached hydrogen (secondary N) is 2. The van der Waals surface area contributed by atoms with Crippen LogP contribution in [0.5, 0.6) is 0 Å². The largest absolute Gasteiger partial charge is 0.336 e. The van der Waals surface area contributed by atoms with E-state index in [4.69, 9.17) is 0 Å². The molecule has 2 aliphatic rings. The molecule has 110 valence electrons. The Labute approximate surface area is 122 Å². The maximum atomic E-state index is 12.6. The second-order valence-electron chi connectivity index (χ2n) is 5.79. The molecule has 0 bridgehead atoms. The average molecular weight is 287 g/mol. The van der Waals surface area contributed by atoms with E-state index in [1.54, 1.807) is 4.90 Å². The predicted molar refractivity (Wildman–Crippen MR) is 75.8 cm³/mol. The number of urea groups is 1. The lowest BCUT2D eigenvalue weighted by Crippen LogP contribution is -2.49. The molecule has 2 N–H and O–H groups in total. The van der Waals surface area contributed by atoms with Gasteiger partial charge in [0, 0.05) is 12.1 Å². The number of amides is 4. The van der Waals surface area contributed by atoms with E-state index >= 15 is 0 Å². The number of rotatable bonds is 1. The second kappa shape index (κ2) is 4.58. The predicted octanol–water partition coefficient (Wildman–Crippen LogP) is 0.728. The SMILES string of the molecule is Cc1ccc(C(=O)N2CCC3(C2)NC(=O)NC3=O)c(C)c1.